The molecule has 70 heavy (non-hydrogen) atoms. The number of ether oxygens (including phenoxy) is 3. The lowest BCUT2D eigenvalue weighted by Crippen LogP contribution is -2.30. The Morgan fingerprint density at radius 1 is 0.300 bits per heavy atom. The summed E-state index contributed by atoms with van der Waals surface area (Å²) in [6.07, 6.45) is 78.0. The number of hydrogen-bond donors (Lipinski definition) is 0. The monoisotopic (exact) mass is 971 g/mol. The second-order valence-electron chi connectivity index (χ2n) is 18.8. The summed E-state index contributed by atoms with van der Waals surface area (Å²) in [4.78, 5) is 38.1. The molecule has 0 aromatic carbocycles. The molecule has 0 aromatic rings. The van der Waals surface area contributed by atoms with Gasteiger partial charge < -0.3 is 14.2 Å². The van der Waals surface area contributed by atoms with Crippen molar-refractivity contribution in [2.45, 2.75) is 264 Å². The molecule has 398 valence electrons. The summed E-state index contributed by atoms with van der Waals surface area (Å²) >= 11 is 0. The van der Waals surface area contributed by atoms with Crippen molar-refractivity contribution >= 4 is 17.9 Å². The Kier molecular flexibility index (Phi) is 54.4. The van der Waals surface area contributed by atoms with Gasteiger partial charge in [0.2, 0.25) is 0 Å². The lowest BCUT2D eigenvalue weighted by Gasteiger charge is -2.18. The molecule has 0 radical (unpaired) electrons. The molecule has 0 heterocycles. The Labute approximate surface area is 431 Å². The van der Waals surface area contributed by atoms with Crippen molar-refractivity contribution < 1.29 is 28.6 Å². The molecule has 0 fully saturated rings. The smallest absolute Gasteiger partial charge is 0.306 e. The van der Waals surface area contributed by atoms with E-state index in [0.29, 0.717) is 19.3 Å². The van der Waals surface area contributed by atoms with E-state index >= 15 is 0 Å². The molecule has 0 aromatic heterocycles. The Hall–Kier alpha value is -3.93. The first-order valence-corrected chi connectivity index (χ1v) is 28.9. The second-order valence-corrected chi connectivity index (χ2v) is 18.8. The van der Waals surface area contributed by atoms with Gasteiger partial charge in [-0.05, 0) is 122 Å². The van der Waals surface area contributed by atoms with Crippen LogP contribution < -0.4 is 0 Å². The van der Waals surface area contributed by atoms with Crippen LogP contribution in [0, 0.1) is 0 Å². The minimum absolute atomic E-state index is 0.0951. The van der Waals surface area contributed by atoms with E-state index in [2.05, 4.69) is 130 Å². The Balaban J connectivity index is 4.35. The molecule has 0 spiro atoms. The van der Waals surface area contributed by atoms with E-state index in [1.165, 1.54) is 83.5 Å². The molecule has 6 heteroatoms. The van der Waals surface area contributed by atoms with E-state index in [1.54, 1.807) is 0 Å². The van der Waals surface area contributed by atoms with E-state index in [1.807, 2.05) is 0 Å². The minimum Gasteiger partial charge on any atom is -0.462 e. The maximum Gasteiger partial charge on any atom is 0.306 e. The molecule has 0 aliphatic rings. The molecule has 0 aliphatic carbocycles. The van der Waals surface area contributed by atoms with Crippen LogP contribution in [-0.2, 0) is 28.6 Å². The first-order valence-electron chi connectivity index (χ1n) is 28.9. The topological polar surface area (TPSA) is 78.9 Å². The van der Waals surface area contributed by atoms with E-state index in [4.69, 9.17) is 14.2 Å². The van der Waals surface area contributed by atoms with Crippen LogP contribution >= 0.6 is 0 Å². The van der Waals surface area contributed by atoms with Crippen LogP contribution in [0.2, 0.25) is 0 Å². The van der Waals surface area contributed by atoms with Gasteiger partial charge in [0.25, 0.3) is 0 Å². The van der Waals surface area contributed by atoms with Gasteiger partial charge in [-0.15, -0.1) is 0 Å². The third-order valence-corrected chi connectivity index (χ3v) is 12.0. The van der Waals surface area contributed by atoms with Gasteiger partial charge in [0, 0.05) is 19.3 Å². The molecule has 0 bridgehead atoms. The maximum absolute atomic E-state index is 12.8. The molecule has 0 rings (SSSR count). The number of rotatable bonds is 51. The SMILES string of the molecule is CC/C=C\C/C=C\C/C=C\C/C=C\C/C=C\CCCCCCCCCCCC(=O)OCC(COC(=O)CCCCC/C=C\C/C=C\C/C=C\CC)OC(=O)CCCCCCC/C=C\CCCCCCC. The summed E-state index contributed by atoms with van der Waals surface area (Å²) in [5, 5.41) is 0. The van der Waals surface area contributed by atoms with Crippen molar-refractivity contribution in [1.29, 1.82) is 0 Å². The fourth-order valence-electron chi connectivity index (χ4n) is 7.71. The summed E-state index contributed by atoms with van der Waals surface area (Å²) in [5.74, 6) is -0.939. The lowest BCUT2D eigenvalue weighted by atomic mass is 10.1. The van der Waals surface area contributed by atoms with E-state index in [-0.39, 0.29) is 31.1 Å². The number of allylic oxidation sites excluding steroid dienone is 18. The van der Waals surface area contributed by atoms with Crippen molar-refractivity contribution in [3.63, 3.8) is 0 Å². The predicted molar refractivity (Wildman–Crippen MR) is 302 cm³/mol. The van der Waals surface area contributed by atoms with Crippen LogP contribution in [0.25, 0.3) is 0 Å². The lowest BCUT2D eigenvalue weighted by molar-refractivity contribution is -0.167. The summed E-state index contributed by atoms with van der Waals surface area (Å²) in [6, 6.07) is 0. The van der Waals surface area contributed by atoms with Crippen LogP contribution in [0.15, 0.2) is 109 Å². The van der Waals surface area contributed by atoms with Gasteiger partial charge in [0.1, 0.15) is 13.2 Å². The van der Waals surface area contributed by atoms with Crippen molar-refractivity contribution in [2.75, 3.05) is 13.2 Å². The largest absolute Gasteiger partial charge is 0.462 e. The average Bonchev–Trinajstić information content (AvgIpc) is 3.36. The van der Waals surface area contributed by atoms with Crippen molar-refractivity contribution in [1.82, 2.24) is 0 Å². The quantitative estimate of drug-likeness (QED) is 0.0262. The molecular weight excluding hydrogens is 865 g/mol. The fraction of sp³-hybridized carbons (Fsp3) is 0.672. The highest BCUT2D eigenvalue weighted by atomic mass is 16.6. The molecule has 0 saturated heterocycles. The van der Waals surface area contributed by atoms with Crippen LogP contribution in [0.4, 0.5) is 0 Å². The highest BCUT2D eigenvalue weighted by Crippen LogP contribution is 2.14. The molecule has 0 amide bonds. The Morgan fingerprint density at radius 3 is 0.900 bits per heavy atom. The third kappa shape index (κ3) is 55.0. The molecule has 1 atom stereocenters. The molecule has 0 aliphatic heterocycles. The minimum atomic E-state index is -0.798. The molecule has 0 N–H and O–H groups in total. The van der Waals surface area contributed by atoms with E-state index in [0.717, 1.165) is 135 Å². The summed E-state index contributed by atoms with van der Waals surface area (Å²) < 4.78 is 16.8. The predicted octanol–water partition coefficient (Wildman–Crippen LogP) is 19.5. The summed E-state index contributed by atoms with van der Waals surface area (Å²) in [7, 11) is 0. The zero-order chi connectivity index (χ0) is 50.7. The van der Waals surface area contributed by atoms with E-state index < -0.39 is 6.10 Å². The summed E-state index contributed by atoms with van der Waals surface area (Å²) in [6.45, 7) is 6.36. The van der Waals surface area contributed by atoms with Crippen molar-refractivity contribution in [3.8, 4) is 0 Å². The van der Waals surface area contributed by atoms with Gasteiger partial charge in [0.05, 0.1) is 0 Å². The highest BCUT2D eigenvalue weighted by Gasteiger charge is 2.19. The number of hydrogen-bond acceptors (Lipinski definition) is 6. The molecule has 0 saturated carbocycles. The van der Waals surface area contributed by atoms with Gasteiger partial charge in [0.15, 0.2) is 6.10 Å². The van der Waals surface area contributed by atoms with Crippen LogP contribution in [-0.4, -0.2) is 37.2 Å². The normalized spacial score (nSPS) is 12.9. The van der Waals surface area contributed by atoms with Gasteiger partial charge in [-0.3, -0.25) is 14.4 Å². The molecular formula is C64H106O6. The van der Waals surface area contributed by atoms with Crippen molar-refractivity contribution in [2.24, 2.45) is 0 Å². The fourth-order valence-corrected chi connectivity index (χ4v) is 7.71. The summed E-state index contributed by atoms with van der Waals surface area (Å²) in [5.41, 5.74) is 0. The van der Waals surface area contributed by atoms with Gasteiger partial charge in [-0.25, -0.2) is 0 Å². The van der Waals surface area contributed by atoms with Gasteiger partial charge in [-0.2, -0.15) is 0 Å². The van der Waals surface area contributed by atoms with Gasteiger partial charge >= 0.3 is 17.9 Å². The standard InChI is InChI=1S/C64H106O6/c1-4-7-10-13-16-19-22-25-27-28-29-30-31-32-33-34-35-36-37-40-42-45-48-51-54-57-63(66)69-60-61(59-68-62(65)56-53-50-47-44-41-38-24-21-18-15-12-9-6-3)70-64(67)58-55-52-49-46-43-39-26-23-20-17-14-11-8-5-2/h7,9-10,12,16,18-19,21,23,25-27,29-30,32-33,38,41,61H,4-6,8,11,13-15,17,20,22,24,28,31,34-37,39-40,42-60H2,1-3H3/b10-7-,12-9-,19-16-,21-18-,26-23-,27-25-,30-29-,33-32-,41-38-. The van der Waals surface area contributed by atoms with Crippen LogP contribution in [0.3, 0.4) is 0 Å². The van der Waals surface area contributed by atoms with E-state index in [9.17, 15) is 14.4 Å². The average molecular weight is 972 g/mol. The highest BCUT2D eigenvalue weighted by molar-refractivity contribution is 5.71. The Bertz CT molecular complexity index is 1440. The number of carbonyl (C=O) groups excluding carboxylic acids is 3. The zero-order valence-electron chi connectivity index (χ0n) is 45.5. The van der Waals surface area contributed by atoms with Crippen molar-refractivity contribution in [3.05, 3.63) is 109 Å². The van der Waals surface area contributed by atoms with Crippen LogP contribution in [0.5, 0.6) is 0 Å². The zero-order valence-corrected chi connectivity index (χ0v) is 45.5. The number of esters is 3. The first kappa shape index (κ1) is 66.1. The number of carbonyl (C=O) groups is 3. The third-order valence-electron chi connectivity index (χ3n) is 12.0. The first-order chi connectivity index (χ1) is 34.5. The Morgan fingerprint density at radius 2 is 0.557 bits per heavy atom. The number of unbranched alkanes of at least 4 members (excludes halogenated alkanes) is 22. The second kappa shape index (κ2) is 57.6. The van der Waals surface area contributed by atoms with Gasteiger partial charge in [-0.1, -0.05) is 226 Å². The molecule has 1 unspecified atom stereocenters. The molecule has 6 nitrogen and oxygen atoms in total. The maximum atomic E-state index is 12.8. The van der Waals surface area contributed by atoms with Crippen LogP contribution in [0.1, 0.15) is 258 Å².